The molecule has 1 N–H and O–H groups in total. The highest BCUT2D eigenvalue weighted by molar-refractivity contribution is 6.42. The Morgan fingerprint density at radius 1 is 1.36 bits per heavy atom. The zero-order valence-electron chi connectivity index (χ0n) is 12.1. The Kier molecular flexibility index (Phi) is 3.52. The van der Waals surface area contributed by atoms with Gasteiger partial charge in [-0.2, -0.15) is 0 Å². The number of esters is 1. The molecule has 0 fully saturated rings. The van der Waals surface area contributed by atoms with E-state index in [1.165, 1.54) is 0 Å². The van der Waals surface area contributed by atoms with Crippen molar-refractivity contribution in [3.63, 3.8) is 0 Å². The number of ketones is 1. The molecule has 0 amide bonds. The fraction of sp³-hybridized carbons (Fsp3) is 0.375. The monoisotopic (exact) mass is 301 g/mol. The van der Waals surface area contributed by atoms with Gasteiger partial charge in [0.1, 0.15) is 11.8 Å². The summed E-state index contributed by atoms with van der Waals surface area (Å²) in [6, 6.07) is 3.30. The van der Waals surface area contributed by atoms with Gasteiger partial charge in [0.05, 0.1) is 23.2 Å². The van der Waals surface area contributed by atoms with Crippen LogP contribution < -0.4 is 0 Å². The van der Waals surface area contributed by atoms with Crippen molar-refractivity contribution in [1.29, 1.82) is 0 Å². The van der Waals surface area contributed by atoms with Crippen LogP contribution >= 0.6 is 0 Å². The first-order valence-electron chi connectivity index (χ1n) is 7.24. The normalized spacial score (nSPS) is 19.3. The summed E-state index contributed by atoms with van der Waals surface area (Å²) >= 11 is 0. The third-order valence-electron chi connectivity index (χ3n) is 3.94. The third-order valence-corrected chi connectivity index (χ3v) is 3.94. The molecule has 2 heterocycles. The van der Waals surface area contributed by atoms with Crippen molar-refractivity contribution in [2.45, 2.75) is 38.7 Å². The number of nitrogens with zero attached hydrogens (tertiary/aromatic N) is 1. The summed E-state index contributed by atoms with van der Waals surface area (Å²) in [5.74, 6) is -2.13. The van der Waals surface area contributed by atoms with Gasteiger partial charge in [-0.05, 0) is 18.9 Å². The molecule has 2 aliphatic heterocycles. The van der Waals surface area contributed by atoms with Crippen LogP contribution in [-0.2, 0) is 9.53 Å². The minimum absolute atomic E-state index is 0.200. The molecule has 114 valence electrons. The first-order chi connectivity index (χ1) is 10.5. The maximum atomic E-state index is 12.3. The first kappa shape index (κ1) is 14.4. The van der Waals surface area contributed by atoms with Crippen LogP contribution in [0.5, 0.6) is 0 Å². The SMILES string of the molecule is CCCCC1OC(=O)c2c1ccc1c2C(=O)CC(C(=O)O)=N1. The van der Waals surface area contributed by atoms with E-state index in [1.807, 2.05) is 0 Å². The summed E-state index contributed by atoms with van der Waals surface area (Å²) in [7, 11) is 0. The number of aliphatic carboxylic acids is 1. The summed E-state index contributed by atoms with van der Waals surface area (Å²) in [5, 5.41) is 8.99. The second-order valence-corrected chi connectivity index (χ2v) is 5.42. The van der Waals surface area contributed by atoms with E-state index >= 15 is 0 Å². The number of carbonyl (C=O) groups is 3. The zero-order valence-corrected chi connectivity index (χ0v) is 12.1. The molecule has 3 rings (SSSR count). The van der Waals surface area contributed by atoms with Gasteiger partial charge in [-0.25, -0.2) is 14.6 Å². The molecular formula is C16H15NO5. The van der Waals surface area contributed by atoms with Gasteiger partial charge in [0.25, 0.3) is 0 Å². The van der Waals surface area contributed by atoms with Gasteiger partial charge in [0, 0.05) is 5.56 Å². The van der Waals surface area contributed by atoms with Gasteiger partial charge in [-0.15, -0.1) is 0 Å². The highest BCUT2D eigenvalue weighted by Crippen LogP contribution is 2.41. The molecule has 0 spiro atoms. The predicted molar refractivity (Wildman–Crippen MR) is 77.8 cm³/mol. The van der Waals surface area contributed by atoms with E-state index in [1.54, 1.807) is 12.1 Å². The molecule has 1 aromatic carbocycles. The van der Waals surface area contributed by atoms with Crippen LogP contribution in [0.25, 0.3) is 0 Å². The second kappa shape index (κ2) is 5.36. The summed E-state index contributed by atoms with van der Waals surface area (Å²) in [6.07, 6.45) is 1.99. The van der Waals surface area contributed by atoms with Crippen LogP contribution in [0, 0.1) is 0 Å². The van der Waals surface area contributed by atoms with Crippen molar-refractivity contribution in [3.05, 3.63) is 28.8 Å². The molecule has 0 aromatic heterocycles. The highest BCUT2D eigenvalue weighted by Gasteiger charge is 2.38. The summed E-state index contributed by atoms with van der Waals surface area (Å²) in [6.45, 7) is 2.05. The molecule has 0 bridgehead atoms. The van der Waals surface area contributed by atoms with E-state index in [0.29, 0.717) is 12.0 Å². The van der Waals surface area contributed by atoms with Gasteiger partial charge in [-0.3, -0.25) is 4.79 Å². The number of aliphatic imine (C=N–C) groups is 1. The predicted octanol–water partition coefficient (Wildman–Crippen LogP) is 2.83. The number of ether oxygens (including phenoxy) is 1. The average Bonchev–Trinajstić information content (AvgIpc) is 2.81. The number of fused-ring (bicyclic) bond motifs is 3. The molecule has 6 nitrogen and oxygen atoms in total. The maximum Gasteiger partial charge on any atom is 0.350 e. The maximum absolute atomic E-state index is 12.3. The minimum atomic E-state index is -1.22. The molecule has 0 saturated heterocycles. The van der Waals surface area contributed by atoms with Crippen LogP contribution in [-0.4, -0.2) is 28.5 Å². The van der Waals surface area contributed by atoms with E-state index in [0.717, 1.165) is 12.8 Å². The van der Waals surface area contributed by atoms with Crippen molar-refractivity contribution in [2.24, 2.45) is 4.99 Å². The summed E-state index contributed by atoms with van der Waals surface area (Å²) in [5.41, 5.74) is 1.20. The van der Waals surface area contributed by atoms with E-state index in [2.05, 4.69) is 11.9 Å². The van der Waals surface area contributed by atoms with Crippen molar-refractivity contribution < 1.29 is 24.2 Å². The van der Waals surface area contributed by atoms with Crippen molar-refractivity contribution in [2.75, 3.05) is 0 Å². The van der Waals surface area contributed by atoms with E-state index in [4.69, 9.17) is 9.84 Å². The number of benzene rings is 1. The van der Waals surface area contributed by atoms with Crippen molar-refractivity contribution in [3.8, 4) is 0 Å². The number of carbonyl (C=O) groups excluding carboxylic acids is 2. The van der Waals surface area contributed by atoms with Gasteiger partial charge < -0.3 is 9.84 Å². The zero-order chi connectivity index (χ0) is 15.9. The Labute approximate surface area is 126 Å². The molecular weight excluding hydrogens is 286 g/mol. The molecule has 2 aliphatic rings. The Morgan fingerprint density at radius 2 is 2.14 bits per heavy atom. The minimum Gasteiger partial charge on any atom is -0.477 e. The summed E-state index contributed by atoms with van der Waals surface area (Å²) < 4.78 is 5.37. The standard InChI is InChI=1S/C16H15NO5/c1-2-3-4-12-8-5-6-9-14(13(8)16(21)22-12)11(18)7-10(17-9)15(19)20/h5-6,12H,2-4,7H2,1H3,(H,19,20). The third kappa shape index (κ3) is 2.20. The fourth-order valence-electron chi connectivity index (χ4n) is 2.88. The Balaban J connectivity index is 2.09. The number of carboxylic acids is 1. The van der Waals surface area contributed by atoms with Gasteiger partial charge in [0.2, 0.25) is 0 Å². The van der Waals surface area contributed by atoms with Crippen LogP contribution in [0.1, 0.15) is 65.0 Å². The highest BCUT2D eigenvalue weighted by atomic mass is 16.5. The van der Waals surface area contributed by atoms with E-state index in [9.17, 15) is 14.4 Å². The van der Waals surface area contributed by atoms with Crippen LogP contribution in [0.3, 0.4) is 0 Å². The van der Waals surface area contributed by atoms with Gasteiger partial charge in [0.15, 0.2) is 5.78 Å². The Hall–Kier alpha value is -2.50. The van der Waals surface area contributed by atoms with E-state index in [-0.39, 0.29) is 35.1 Å². The van der Waals surface area contributed by atoms with Gasteiger partial charge in [-0.1, -0.05) is 19.4 Å². The quantitative estimate of drug-likeness (QED) is 0.863. The lowest BCUT2D eigenvalue weighted by Gasteiger charge is -2.15. The number of unbranched alkanes of at least 4 members (excludes halogenated alkanes) is 1. The molecule has 1 unspecified atom stereocenters. The molecule has 0 radical (unpaired) electrons. The molecule has 22 heavy (non-hydrogen) atoms. The van der Waals surface area contributed by atoms with Crippen molar-refractivity contribution >= 4 is 29.1 Å². The lowest BCUT2D eigenvalue weighted by atomic mass is 9.90. The smallest absolute Gasteiger partial charge is 0.350 e. The number of rotatable bonds is 4. The van der Waals surface area contributed by atoms with Crippen LogP contribution in [0.4, 0.5) is 5.69 Å². The first-order valence-corrected chi connectivity index (χ1v) is 7.24. The topological polar surface area (TPSA) is 93.0 Å². The largest absolute Gasteiger partial charge is 0.477 e. The van der Waals surface area contributed by atoms with Crippen LogP contribution in [0.2, 0.25) is 0 Å². The van der Waals surface area contributed by atoms with Gasteiger partial charge >= 0.3 is 11.9 Å². The number of cyclic esters (lactones) is 1. The van der Waals surface area contributed by atoms with Crippen LogP contribution in [0.15, 0.2) is 17.1 Å². The molecule has 0 saturated carbocycles. The van der Waals surface area contributed by atoms with E-state index < -0.39 is 17.7 Å². The summed E-state index contributed by atoms with van der Waals surface area (Å²) in [4.78, 5) is 39.4. The number of carboxylic acid groups (broad SMARTS) is 1. The lowest BCUT2D eigenvalue weighted by molar-refractivity contribution is -0.129. The Bertz CT molecular complexity index is 719. The second-order valence-electron chi connectivity index (χ2n) is 5.42. The van der Waals surface area contributed by atoms with Crippen molar-refractivity contribution in [1.82, 2.24) is 0 Å². The average molecular weight is 301 g/mol. The Morgan fingerprint density at radius 3 is 2.82 bits per heavy atom. The number of hydrogen-bond acceptors (Lipinski definition) is 5. The molecule has 6 heteroatoms. The number of Topliss-reactive ketones (excluding diaryl/α,β-unsaturated/α-hetero) is 1. The molecule has 1 aromatic rings. The molecule has 0 aliphatic carbocycles. The lowest BCUT2D eigenvalue weighted by Crippen LogP contribution is -2.22. The fourth-order valence-corrected chi connectivity index (χ4v) is 2.88. The number of hydrogen-bond donors (Lipinski definition) is 1. The molecule has 1 atom stereocenters.